The van der Waals surface area contributed by atoms with E-state index in [9.17, 15) is 24.4 Å². The first kappa shape index (κ1) is 51.7. The van der Waals surface area contributed by atoms with E-state index in [2.05, 4.69) is 60.9 Å². The Morgan fingerprint density at radius 2 is 1.07 bits per heavy atom. The van der Waals surface area contributed by atoms with Gasteiger partial charge in [0.2, 0.25) is 0 Å². The first-order valence-electron chi connectivity index (χ1n) is 20.7. The highest BCUT2D eigenvalue weighted by molar-refractivity contribution is 7.46. The number of aliphatic hydroxyl groups excluding tert-OH is 2. The van der Waals surface area contributed by atoms with Gasteiger partial charge in [0.25, 0.3) is 0 Å². The van der Waals surface area contributed by atoms with Crippen molar-refractivity contribution in [2.45, 2.75) is 186 Å². The van der Waals surface area contributed by atoms with E-state index >= 15 is 0 Å². The van der Waals surface area contributed by atoms with Crippen molar-refractivity contribution in [1.29, 1.82) is 0 Å². The maximum absolute atomic E-state index is 12.4. The predicted molar refractivity (Wildman–Crippen MR) is 219 cm³/mol. The van der Waals surface area contributed by atoms with Crippen LogP contribution in [0.2, 0.25) is 0 Å². The molecule has 0 amide bonds. The lowest BCUT2D eigenvalue weighted by atomic mass is 10.0. The highest BCUT2D eigenvalue weighted by Gasteiger charge is 2.23. The van der Waals surface area contributed by atoms with Crippen LogP contribution in [0.15, 0.2) is 60.8 Å². The summed E-state index contributed by atoms with van der Waals surface area (Å²) in [7, 11) is -4.83. The van der Waals surface area contributed by atoms with E-state index in [4.69, 9.17) is 19.3 Å². The van der Waals surface area contributed by atoms with Crippen LogP contribution in [-0.4, -0.2) is 63.5 Å². The molecule has 0 unspecified atom stereocenters. The van der Waals surface area contributed by atoms with Crippen molar-refractivity contribution in [2.24, 2.45) is 0 Å². The molecule has 0 saturated heterocycles. The van der Waals surface area contributed by atoms with Gasteiger partial charge in [-0.2, -0.15) is 0 Å². The fourth-order valence-electron chi connectivity index (χ4n) is 5.51. The topological polar surface area (TPSA) is 160 Å². The normalized spacial score (nSPS) is 14.3. The highest BCUT2D eigenvalue weighted by atomic mass is 31.2. The van der Waals surface area contributed by atoms with Crippen LogP contribution in [0.3, 0.4) is 0 Å². The highest BCUT2D eigenvalue weighted by Crippen LogP contribution is 2.36. The largest absolute Gasteiger partial charge is 0.469 e. The van der Waals surface area contributed by atoms with Gasteiger partial charge in [0.1, 0.15) is 6.61 Å². The molecule has 0 spiro atoms. The maximum atomic E-state index is 12.4. The van der Waals surface area contributed by atoms with Gasteiger partial charge in [0.15, 0.2) is 6.10 Å². The molecule has 0 aliphatic heterocycles. The molecule has 0 aliphatic carbocycles. The van der Waals surface area contributed by atoms with Crippen molar-refractivity contribution in [3.63, 3.8) is 0 Å². The third-order valence-corrected chi connectivity index (χ3v) is 9.21. The summed E-state index contributed by atoms with van der Waals surface area (Å²) >= 11 is 0. The standard InChI is InChI=1S/C43H75O10P/c1-3-5-7-9-11-13-15-17-18-19-20-21-23-25-27-29-31-35-43(47)53-39(38-52-54(48,49)50)37-51-42(46)36-32-34-41(45)40(44)33-30-28-26-24-22-16-14-12-10-8-6-4-2/h6,8,12,14,17-18,22,24,28,30,39-41,44-45H,3-5,7,9-11,13,15-16,19-21,23,25-27,29,31-38H2,1-2H3,(H2,48,49,50)/b8-6-,14-12-,18-17-,24-22-,30-28-/t39-,40+,41+/m1/s1. The minimum Gasteiger partial charge on any atom is -0.462 e. The van der Waals surface area contributed by atoms with Gasteiger partial charge in [0, 0.05) is 12.8 Å². The summed E-state index contributed by atoms with van der Waals surface area (Å²) in [5, 5.41) is 20.5. The fourth-order valence-corrected chi connectivity index (χ4v) is 5.87. The van der Waals surface area contributed by atoms with Crippen LogP contribution in [0.4, 0.5) is 0 Å². The van der Waals surface area contributed by atoms with Crippen LogP contribution in [0.25, 0.3) is 0 Å². The van der Waals surface area contributed by atoms with E-state index < -0.39 is 51.3 Å². The first-order chi connectivity index (χ1) is 26.1. The summed E-state index contributed by atoms with van der Waals surface area (Å²) in [6, 6.07) is 0. The summed E-state index contributed by atoms with van der Waals surface area (Å²) in [6.45, 7) is 3.31. The molecule has 0 aromatic rings. The van der Waals surface area contributed by atoms with Crippen molar-refractivity contribution in [2.75, 3.05) is 13.2 Å². The van der Waals surface area contributed by atoms with Gasteiger partial charge in [0.05, 0.1) is 18.8 Å². The smallest absolute Gasteiger partial charge is 0.462 e. The van der Waals surface area contributed by atoms with Crippen molar-refractivity contribution in [3.05, 3.63) is 60.8 Å². The molecule has 0 radical (unpaired) electrons. The van der Waals surface area contributed by atoms with E-state index in [0.29, 0.717) is 6.42 Å². The Labute approximate surface area is 327 Å². The number of rotatable bonds is 37. The van der Waals surface area contributed by atoms with E-state index in [1.54, 1.807) is 0 Å². The van der Waals surface area contributed by atoms with Crippen molar-refractivity contribution < 1.29 is 48.2 Å². The molecule has 54 heavy (non-hydrogen) atoms. The number of carbonyl (C=O) groups is 2. The van der Waals surface area contributed by atoms with E-state index in [0.717, 1.165) is 57.8 Å². The number of unbranched alkanes of at least 4 members (excludes halogenated alkanes) is 13. The van der Waals surface area contributed by atoms with Gasteiger partial charge in [-0.3, -0.25) is 14.1 Å². The molecule has 3 atom stereocenters. The molecular weight excluding hydrogens is 707 g/mol. The molecular formula is C43H75O10P. The number of allylic oxidation sites excluding steroid dienone is 9. The van der Waals surface area contributed by atoms with E-state index in [-0.39, 0.29) is 32.1 Å². The molecule has 0 heterocycles. The lowest BCUT2D eigenvalue weighted by Gasteiger charge is -2.19. The number of aliphatic hydroxyl groups is 2. The Morgan fingerprint density at radius 1 is 0.574 bits per heavy atom. The number of esters is 2. The Balaban J connectivity index is 4.18. The number of hydrogen-bond acceptors (Lipinski definition) is 8. The molecule has 0 aliphatic rings. The molecule has 11 heteroatoms. The monoisotopic (exact) mass is 783 g/mol. The molecule has 0 rings (SSSR count). The van der Waals surface area contributed by atoms with Gasteiger partial charge in [-0.05, 0) is 77.0 Å². The van der Waals surface area contributed by atoms with Gasteiger partial charge >= 0.3 is 19.8 Å². The summed E-state index contributed by atoms with van der Waals surface area (Å²) in [4.78, 5) is 42.9. The third-order valence-electron chi connectivity index (χ3n) is 8.72. The van der Waals surface area contributed by atoms with Crippen molar-refractivity contribution in [3.8, 4) is 0 Å². The zero-order valence-corrected chi connectivity index (χ0v) is 34.5. The van der Waals surface area contributed by atoms with Crippen LogP contribution < -0.4 is 0 Å². The number of phosphoric ester groups is 1. The number of phosphoric acid groups is 1. The summed E-state index contributed by atoms with van der Waals surface area (Å²) in [5.74, 6) is -1.18. The molecule has 312 valence electrons. The van der Waals surface area contributed by atoms with Crippen LogP contribution in [0, 0.1) is 0 Å². The quantitative estimate of drug-likeness (QED) is 0.0207. The predicted octanol–water partition coefficient (Wildman–Crippen LogP) is 10.5. The van der Waals surface area contributed by atoms with Gasteiger partial charge in [-0.15, -0.1) is 0 Å². The second-order valence-electron chi connectivity index (χ2n) is 13.9. The lowest BCUT2D eigenvalue weighted by molar-refractivity contribution is -0.161. The zero-order valence-electron chi connectivity index (χ0n) is 33.6. The number of hydrogen-bond donors (Lipinski definition) is 4. The Morgan fingerprint density at radius 3 is 1.63 bits per heavy atom. The average Bonchev–Trinajstić information content (AvgIpc) is 3.13. The van der Waals surface area contributed by atoms with Gasteiger partial charge < -0.3 is 29.5 Å². The van der Waals surface area contributed by atoms with E-state index in [1.807, 2.05) is 18.2 Å². The van der Waals surface area contributed by atoms with Crippen LogP contribution >= 0.6 is 7.82 Å². The van der Waals surface area contributed by atoms with Crippen molar-refractivity contribution >= 4 is 19.8 Å². The fraction of sp³-hybridized carbons (Fsp3) is 0.721. The van der Waals surface area contributed by atoms with Crippen LogP contribution in [0.5, 0.6) is 0 Å². The Bertz CT molecular complexity index is 1090. The van der Waals surface area contributed by atoms with E-state index in [1.165, 1.54) is 57.8 Å². The lowest BCUT2D eigenvalue weighted by Crippen LogP contribution is -2.29. The second kappa shape index (κ2) is 37.6. The molecule has 0 fully saturated rings. The average molecular weight is 783 g/mol. The van der Waals surface area contributed by atoms with Gasteiger partial charge in [-0.25, -0.2) is 4.57 Å². The second-order valence-corrected chi connectivity index (χ2v) is 15.1. The van der Waals surface area contributed by atoms with Crippen LogP contribution in [-0.2, 0) is 28.2 Å². The Kier molecular flexibility index (Phi) is 36.0. The van der Waals surface area contributed by atoms with Crippen LogP contribution in [0.1, 0.15) is 168 Å². The summed E-state index contributed by atoms with van der Waals surface area (Å²) in [5.41, 5.74) is 0. The molecule has 0 saturated carbocycles. The maximum Gasteiger partial charge on any atom is 0.469 e. The molecule has 0 bridgehead atoms. The summed E-state index contributed by atoms with van der Waals surface area (Å²) < 4.78 is 26.2. The minimum absolute atomic E-state index is 0.0519. The number of carbonyl (C=O) groups excluding carboxylic acids is 2. The number of ether oxygens (including phenoxy) is 2. The van der Waals surface area contributed by atoms with Crippen molar-refractivity contribution in [1.82, 2.24) is 0 Å². The molecule has 0 aromatic carbocycles. The first-order valence-corrected chi connectivity index (χ1v) is 22.3. The molecule has 10 nitrogen and oxygen atoms in total. The minimum atomic E-state index is -4.83. The third kappa shape index (κ3) is 38.0. The zero-order chi connectivity index (χ0) is 40.0. The molecule has 4 N–H and O–H groups in total. The summed E-state index contributed by atoms with van der Waals surface area (Å²) in [6.07, 6.45) is 39.7. The molecule has 0 aromatic heterocycles. The Hall–Kier alpha value is -2.33. The SMILES string of the molecule is CC/C=C\C/C=C\C/C=C\C/C=C\C[C@H](O)[C@@H](O)CCCC(=O)OC[C@H](COP(=O)(O)O)OC(=O)CCCCCCCCC/C=C\CCCCCCCC. The van der Waals surface area contributed by atoms with Gasteiger partial charge in [-0.1, -0.05) is 139 Å².